The molecule has 0 saturated carbocycles. The first kappa shape index (κ1) is 21.3. The number of esters is 1. The summed E-state index contributed by atoms with van der Waals surface area (Å²) in [7, 11) is 1.21. The first-order valence-corrected chi connectivity index (χ1v) is 9.18. The van der Waals surface area contributed by atoms with Gasteiger partial charge in [-0.15, -0.1) is 11.6 Å². The van der Waals surface area contributed by atoms with E-state index in [4.69, 9.17) is 32.7 Å². The molecule has 0 bridgehead atoms. The van der Waals surface area contributed by atoms with E-state index in [2.05, 4.69) is 5.32 Å². The molecule has 0 saturated heterocycles. The average molecular weight is 416 g/mol. The number of nitrogens with one attached hydrogen (secondary N) is 1. The Morgan fingerprint density at radius 1 is 1.33 bits per heavy atom. The monoisotopic (exact) mass is 415 g/mol. The summed E-state index contributed by atoms with van der Waals surface area (Å²) in [5.41, 5.74) is 0.395. The van der Waals surface area contributed by atoms with Crippen LogP contribution in [0.4, 0.5) is 4.39 Å². The number of hydrogen-bond donors (Lipinski definition) is 1. The minimum absolute atomic E-state index is 0.221. The van der Waals surface area contributed by atoms with Crippen molar-refractivity contribution in [1.82, 2.24) is 5.32 Å². The summed E-state index contributed by atoms with van der Waals surface area (Å²) in [6.07, 6.45) is 3.22. The quantitative estimate of drug-likeness (QED) is 0.540. The summed E-state index contributed by atoms with van der Waals surface area (Å²) < 4.78 is 23.6. The summed E-state index contributed by atoms with van der Waals surface area (Å²) in [5.74, 6) is -1.28. The molecule has 0 spiro atoms. The van der Waals surface area contributed by atoms with Crippen molar-refractivity contribution in [3.63, 3.8) is 0 Å². The number of hydrogen-bond acceptors (Lipinski definition) is 4. The largest absolute Gasteiger partial charge is 0.479 e. The summed E-state index contributed by atoms with van der Waals surface area (Å²) in [6.45, 7) is 1.76. The maximum Gasteiger partial charge on any atom is 0.333 e. The van der Waals surface area contributed by atoms with Crippen LogP contribution in [0.2, 0.25) is 0 Å². The van der Waals surface area contributed by atoms with Gasteiger partial charge >= 0.3 is 5.97 Å². The second-order valence-electron chi connectivity index (χ2n) is 5.88. The molecular weight excluding hydrogens is 396 g/mol. The van der Waals surface area contributed by atoms with E-state index in [0.29, 0.717) is 29.2 Å². The summed E-state index contributed by atoms with van der Waals surface area (Å²) in [6, 6.07) is 4.13. The van der Waals surface area contributed by atoms with Crippen molar-refractivity contribution in [3.8, 4) is 0 Å². The summed E-state index contributed by atoms with van der Waals surface area (Å²) in [5, 5.41) is 2.79. The van der Waals surface area contributed by atoms with E-state index in [1.165, 1.54) is 31.4 Å². The molecule has 3 atom stereocenters. The number of alkyl halides is 1. The molecule has 0 aromatic heterocycles. The molecular formula is C19H20Cl2FNO4. The highest BCUT2D eigenvalue weighted by Gasteiger charge is 2.29. The molecule has 1 amide bonds. The van der Waals surface area contributed by atoms with Crippen molar-refractivity contribution in [2.75, 3.05) is 7.11 Å². The minimum Gasteiger partial charge on any atom is -0.479 e. The zero-order valence-electron chi connectivity index (χ0n) is 14.9. The third kappa shape index (κ3) is 5.71. The van der Waals surface area contributed by atoms with Crippen LogP contribution in [0.1, 0.15) is 31.4 Å². The Labute approximate surface area is 167 Å². The van der Waals surface area contributed by atoms with Crippen LogP contribution >= 0.6 is 23.2 Å². The van der Waals surface area contributed by atoms with Gasteiger partial charge in [-0.2, -0.15) is 0 Å². The Morgan fingerprint density at radius 3 is 2.56 bits per heavy atom. The van der Waals surface area contributed by atoms with Gasteiger partial charge in [0.05, 0.1) is 17.5 Å². The predicted octanol–water partition coefficient (Wildman–Crippen LogP) is 3.97. The smallest absolute Gasteiger partial charge is 0.333 e. The van der Waals surface area contributed by atoms with Crippen molar-refractivity contribution in [3.05, 3.63) is 58.6 Å². The van der Waals surface area contributed by atoms with Crippen molar-refractivity contribution in [2.45, 2.75) is 37.3 Å². The van der Waals surface area contributed by atoms with Gasteiger partial charge in [0.1, 0.15) is 11.6 Å². The lowest BCUT2D eigenvalue weighted by Gasteiger charge is -2.24. The molecule has 1 aliphatic rings. The second kappa shape index (κ2) is 9.76. The molecule has 1 aromatic rings. The molecule has 0 aliphatic heterocycles. The lowest BCUT2D eigenvalue weighted by molar-refractivity contribution is -0.146. The molecule has 27 heavy (non-hydrogen) atoms. The minimum atomic E-state index is -1.08. The number of benzene rings is 1. The van der Waals surface area contributed by atoms with Crippen molar-refractivity contribution < 1.29 is 23.5 Å². The van der Waals surface area contributed by atoms with Gasteiger partial charge in [-0.1, -0.05) is 36.7 Å². The zero-order valence-corrected chi connectivity index (χ0v) is 16.4. The fourth-order valence-electron chi connectivity index (χ4n) is 2.49. The highest BCUT2D eigenvalue weighted by molar-refractivity contribution is 6.31. The highest BCUT2D eigenvalue weighted by atomic mass is 35.5. The Hall–Kier alpha value is -2.05. The molecule has 3 unspecified atom stereocenters. The standard InChI is InChI=1S/C19H20Cl2FNO4/c1-3-15(27-16-9-6-12(20)10-14(16)21)18(24)23-17(19(25)26-2)11-4-7-13(22)8-5-11/h4-9,12,15,17H,3,10H2,1-2H3,(H,23,24). The highest BCUT2D eigenvalue weighted by Crippen LogP contribution is 2.28. The van der Waals surface area contributed by atoms with Crippen LogP contribution in [0.3, 0.4) is 0 Å². The molecule has 146 valence electrons. The van der Waals surface area contributed by atoms with E-state index in [0.717, 1.165) is 0 Å². The van der Waals surface area contributed by atoms with Crippen LogP contribution in [0, 0.1) is 5.82 Å². The molecule has 5 nitrogen and oxygen atoms in total. The number of allylic oxidation sites excluding steroid dienone is 3. The molecule has 0 heterocycles. The molecule has 1 aromatic carbocycles. The Bertz CT molecular complexity index is 749. The Kier molecular flexibility index (Phi) is 7.68. The number of rotatable bonds is 7. The zero-order chi connectivity index (χ0) is 20.0. The topological polar surface area (TPSA) is 64.6 Å². The number of carbonyl (C=O) groups excluding carboxylic acids is 2. The van der Waals surface area contributed by atoms with E-state index in [9.17, 15) is 14.0 Å². The third-order valence-corrected chi connectivity index (χ3v) is 4.60. The first-order valence-electron chi connectivity index (χ1n) is 8.37. The predicted molar refractivity (Wildman–Crippen MR) is 101 cm³/mol. The normalized spacial score (nSPS) is 18.6. The van der Waals surface area contributed by atoms with Crippen molar-refractivity contribution in [1.29, 1.82) is 0 Å². The number of methoxy groups -OCH3 is 1. The van der Waals surface area contributed by atoms with Crippen LogP contribution in [0.5, 0.6) is 0 Å². The SMILES string of the molecule is CCC(OC1=C(Cl)CC(Cl)C=C1)C(=O)NC(C(=O)OC)c1ccc(F)cc1. The molecule has 2 rings (SSSR count). The lowest BCUT2D eigenvalue weighted by Crippen LogP contribution is -2.41. The number of amides is 1. The van der Waals surface area contributed by atoms with Crippen LogP contribution < -0.4 is 5.32 Å². The number of halogens is 3. The van der Waals surface area contributed by atoms with Crippen LogP contribution in [0.15, 0.2) is 47.2 Å². The first-order chi connectivity index (χ1) is 12.8. The summed E-state index contributed by atoms with van der Waals surface area (Å²) >= 11 is 12.1. The Balaban J connectivity index is 2.14. The Morgan fingerprint density at radius 2 is 2.00 bits per heavy atom. The molecule has 0 fully saturated rings. The van der Waals surface area contributed by atoms with E-state index in [1.54, 1.807) is 19.1 Å². The van der Waals surface area contributed by atoms with Crippen LogP contribution in [-0.2, 0) is 19.1 Å². The van der Waals surface area contributed by atoms with Gasteiger partial charge < -0.3 is 14.8 Å². The average Bonchev–Trinajstić information content (AvgIpc) is 2.65. The molecule has 0 radical (unpaired) electrons. The second-order valence-corrected chi connectivity index (χ2v) is 6.90. The van der Waals surface area contributed by atoms with Crippen molar-refractivity contribution in [2.24, 2.45) is 0 Å². The van der Waals surface area contributed by atoms with Crippen molar-refractivity contribution >= 4 is 35.1 Å². The van der Waals surface area contributed by atoms with Gasteiger partial charge in [0.25, 0.3) is 5.91 Å². The number of carbonyl (C=O) groups is 2. The summed E-state index contributed by atoms with van der Waals surface area (Å²) in [4.78, 5) is 24.8. The maximum atomic E-state index is 13.1. The fourth-order valence-corrected chi connectivity index (χ4v) is 3.07. The van der Waals surface area contributed by atoms with Crippen LogP contribution in [0.25, 0.3) is 0 Å². The number of ether oxygens (including phenoxy) is 2. The van der Waals surface area contributed by atoms with E-state index >= 15 is 0 Å². The van der Waals surface area contributed by atoms with Gasteiger partial charge in [0, 0.05) is 6.42 Å². The molecule has 1 N–H and O–H groups in total. The van der Waals surface area contributed by atoms with Gasteiger partial charge in [0.2, 0.25) is 0 Å². The molecule has 8 heteroatoms. The van der Waals surface area contributed by atoms with E-state index < -0.39 is 29.8 Å². The fraction of sp³-hybridized carbons (Fsp3) is 0.368. The van der Waals surface area contributed by atoms with Gasteiger partial charge in [-0.05, 0) is 30.2 Å². The van der Waals surface area contributed by atoms with Gasteiger partial charge in [-0.25, -0.2) is 9.18 Å². The maximum absolute atomic E-state index is 13.1. The van der Waals surface area contributed by atoms with E-state index in [-0.39, 0.29) is 5.38 Å². The lowest BCUT2D eigenvalue weighted by atomic mass is 10.1. The van der Waals surface area contributed by atoms with E-state index in [1.807, 2.05) is 0 Å². The van der Waals surface area contributed by atoms with Gasteiger partial charge in [0.15, 0.2) is 12.1 Å². The van der Waals surface area contributed by atoms with Gasteiger partial charge in [-0.3, -0.25) is 4.79 Å². The third-order valence-electron chi connectivity index (χ3n) is 3.96. The molecule has 1 aliphatic carbocycles. The van der Waals surface area contributed by atoms with Crippen LogP contribution in [-0.4, -0.2) is 30.5 Å².